The van der Waals surface area contributed by atoms with E-state index < -0.39 is 42.6 Å². The Balaban J connectivity index is 2.23. The molecule has 3 N–H and O–H groups in total. The van der Waals surface area contributed by atoms with Gasteiger partial charge in [-0.1, -0.05) is 12.1 Å². The number of esters is 1. The van der Waals surface area contributed by atoms with Crippen molar-refractivity contribution in [2.24, 2.45) is 5.73 Å². The minimum absolute atomic E-state index is 0.0575. The van der Waals surface area contributed by atoms with Crippen LogP contribution in [0.4, 0.5) is 18.0 Å². The standard InChI is InChI=1S/C14H13F3N4O4/c1-7(11(23)20-13(18)24)25-10(22)6-21-9-5-3-2-4-8(9)19-12(21)14(15,16)17/h2-5,7H,6H2,1H3,(H3,18,20,23,24). The molecule has 134 valence electrons. The Kier molecular flexibility index (Phi) is 4.95. The monoisotopic (exact) mass is 358 g/mol. The van der Waals surface area contributed by atoms with Crippen LogP contribution in [0, 0.1) is 0 Å². The number of urea groups is 1. The summed E-state index contributed by atoms with van der Waals surface area (Å²) in [6.07, 6.45) is -6.20. The van der Waals surface area contributed by atoms with Gasteiger partial charge in [0.2, 0.25) is 5.82 Å². The van der Waals surface area contributed by atoms with Gasteiger partial charge in [-0.25, -0.2) is 9.78 Å². The molecule has 0 aliphatic heterocycles. The van der Waals surface area contributed by atoms with Gasteiger partial charge in [0.25, 0.3) is 5.91 Å². The third-order valence-electron chi connectivity index (χ3n) is 3.12. The number of imidazole rings is 1. The molecule has 11 heteroatoms. The Morgan fingerprint density at radius 3 is 2.56 bits per heavy atom. The summed E-state index contributed by atoms with van der Waals surface area (Å²) < 4.78 is 44.7. The fraction of sp³-hybridized carbons (Fsp3) is 0.286. The first-order valence-electron chi connectivity index (χ1n) is 6.92. The van der Waals surface area contributed by atoms with Gasteiger partial charge in [-0.05, 0) is 19.1 Å². The van der Waals surface area contributed by atoms with E-state index >= 15 is 0 Å². The largest absolute Gasteiger partial charge is 0.451 e. The predicted octanol–water partition coefficient (Wildman–Crippen LogP) is 1.18. The molecule has 1 aromatic heterocycles. The van der Waals surface area contributed by atoms with Crippen LogP contribution in [0.1, 0.15) is 12.7 Å². The van der Waals surface area contributed by atoms with Gasteiger partial charge >= 0.3 is 18.2 Å². The number of nitrogens with one attached hydrogen (secondary N) is 1. The highest BCUT2D eigenvalue weighted by molar-refractivity contribution is 5.96. The second-order valence-electron chi connectivity index (χ2n) is 4.99. The fourth-order valence-corrected chi connectivity index (χ4v) is 2.09. The van der Waals surface area contributed by atoms with Gasteiger partial charge in [0.05, 0.1) is 11.0 Å². The molecule has 0 saturated carbocycles. The van der Waals surface area contributed by atoms with Crippen LogP contribution < -0.4 is 11.1 Å². The van der Waals surface area contributed by atoms with Gasteiger partial charge in [0, 0.05) is 0 Å². The van der Waals surface area contributed by atoms with Gasteiger partial charge in [-0.3, -0.25) is 14.9 Å². The van der Waals surface area contributed by atoms with Crippen LogP contribution in [0.25, 0.3) is 11.0 Å². The first-order valence-corrected chi connectivity index (χ1v) is 6.92. The Labute approximate surface area is 138 Å². The topological polar surface area (TPSA) is 116 Å². The van der Waals surface area contributed by atoms with E-state index in [1.54, 1.807) is 5.32 Å². The Morgan fingerprint density at radius 2 is 1.96 bits per heavy atom. The van der Waals surface area contributed by atoms with Crippen LogP contribution in [0.2, 0.25) is 0 Å². The van der Waals surface area contributed by atoms with E-state index in [1.165, 1.54) is 24.3 Å². The van der Waals surface area contributed by atoms with E-state index in [0.29, 0.717) is 4.57 Å². The molecule has 1 atom stereocenters. The smallest absolute Gasteiger partial charge is 0.449 e. The third kappa shape index (κ3) is 4.25. The molecular formula is C14H13F3N4O4. The molecule has 8 nitrogen and oxygen atoms in total. The number of alkyl halides is 3. The zero-order chi connectivity index (χ0) is 18.8. The number of nitrogens with two attached hydrogens (primary N) is 1. The maximum Gasteiger partial charge on any atom is 0.449 e. The minimum atomic E-state index is -4.78. The number of benzene rings is 1. The number of fused-ring (bicyclic) bond motifs is 1. The van der Waals surface area contributed by atoms with Gasteiger partial charge in [-0.15, -0.1) is 0 Å². The summed E-state index contributed by atoms with van der Waals surface area (Å²) in [7, 11) is 0. The number of carbonyl (C=O) groups is 3. The van der Waals surface area contributed by atoms with Gasteiger partial charge in [-0.2, -0.15) is 13.2 Å². The second-order valence-corrected chi connectivity index (χ2v) is 4.99. The van der Waals surface area contributed by atoms with Crippen molar-refractivity contribution in [3.05, 3.63) is 30.1 Å². The summed E-state index contributed by atoms with van der Waals surface area (Å²) in [4.78, 5) is 37.4. The number of ether oxygens (including phenoxy) is 1. The summed E-state index contributed by atoms with van der Waals surface area (Å²) in [6, 6.07) is 4.60. The normalized spacial score (nSPS) is 12.6. The van der Waals surface area contributed by atoms with Crippen molar-refractivity contribution in [3.63, 3.8) is 0 Å². The number of hydrogen-bond donors (Lipinski definition) is 2. The average Bonchev–Trinajstić information content (AvgIpc) is 2.85. The molecule has 0 saturated heterocycles. The second kappa shape index (κ2) is 6.79. The lowest BCUT2D eigenvalue weighted by atomic mass is 10.3. The van der Waals surface area contributed by atoms with Crippen LogP contribution in [-0.2, 0) is 27.0 Å². The summed E-state index contributed by atoms with van der Waals surface area (Å²) in [5, 5.41) is 1.70. The van der Waals surface area contributed by atoms with Crippen molar-refractivity contribution in [1.29, 1.82) is 0 Å². The predicted molar refractivity (Wildman–Crippen MR) is 78.0 cm³/mol. The van der Waals surface area contributed by atoms with Crippen LogP contribution in [-0.4, -0.2) is 33.6 Å². The lowest BCUT2D eigenvalue weighted by molar-refractivity contribution is -0.157. The van der Waals surface area contributed by atoms with Crippen molar-refractivity contribution in [2.75, 3.05) is 0 Å². The van der Waals surface area contributed by atoms with Crippen molar-refractivity contribution in [1.82, 2.24) is 14.9 Å². The highest BCUT2D eigenvalue weighted by Gasteiger charge is 2.38. The molecule has 2 aromatic rings. The maximum atomic E-state index is 13.1. The zero-order valence-electron chi connectivity index (χ0n) is 12.8. The summed E-state index contributed by atoms with van der Waals surface area (Å²) in [6.45, 7) is 0.330. The number of amides is 3. The molecule has 0 aliphatic rings. The lowest BCUT2D eigenvalue weighted by Crippen LogP contribution is -2.42. The molecule has 0 bridgehead atoms. The number of imide groups is 1. The summed E-state index contributed by atoms with van der Waals surface area (Å²) >= 11 is 0. The SMILES string of the molecule is CC(OC(=O)Cn1c(C(F)(F)F)nc2ccccc21)C(=O)NC(N)=O. The van der Waals surface area contributed by atoms with Crippen molar-refractivity contribution >= 4 is 28.9 Å². The number of aromatic nitrogens is 2. The highest BCUT2D eigenvalue weighted by atomic mass is 19.4. The number of nitrogens with zero attached hydrogens (tertiary/aromatic N) is 2. The quantitative estimate of drug-likeness (QED) is 0.796. The number of para-hydroxylation sites is 2. The van der Waals surface area contributed by atoms with E-state index in [2.05, 4.69) is 4.98 Å². The van der Waals surface area contributed by atoms with Crippen LogP contribution >= 0.6 is 0 Å². The summed E-state index contributed by atoms with van der Waals surface area (Å²) in [5.41, 5.74) is 4.89. The van der Waals surface area contributed by atoms with Gasteiger partial charge in [0.1, 0.15) is 6.54 Å². The number of rotatable bonds is 4. The van der Waals surface area contributed by atoms with Gasteiger partial charge < -0.3 is 15.0 Å². The molecule has 25 heavy (non-hydrogen) atoms. The molecule has 1 aromatic carbocycles. The van der Waals surface area contributed by atoms with Crippen LogP contribution in [0.15, 0.2) is 24.3 Å². The fourth-order valence-electron chi connectivity index (χ4n) is 2.09. The third-order valence-corrected chi connectivity index (χ3v) is 3.12. The Morgan fingerprint density at radius 1 is 1.32 bits per heavy atom. The average molecular weight is 358 g/mol. The highest BCUT2D eigenvalue weighted by Crippen LogP contribution is 2.31. The lowest BCUT2D eigenvalue weighted by Gasteiger charge is -2.14. The number of carbonyl (C=O) groups excluding carboxylic acids is 3. The number of hydrogen-bond acceptors (Lipinski definition) is 5. The Hall–Kier alpha value is -3.11. The molecule has 3 amide bonds. The first-order chi connectivity index (χ1) is 11.6. The number of primary amides is 1. The molecule has 0 spiro atoms. The first kappa shape index (κ1) is 18.2. The zero-order valence-corrected chi connectivity index (χ0v) is 12.8. The van der Waals surface area contributed by atoms with E-state index in [1.807, 2.05) is 0 Å². The molecule has 1 unspecified atom stereocenters. The molecular weight excluding hydrogens is 345 g/mol. The van der Waals surface area contributed by atoms with E-state index in [9.17, 15) is 27.6 Å². The van der Waals surface area contributed by atoms with Crippen LogP contribution in [0.5, 0.6) is 0 Å². The van der Waals surface area contributed by atoms with E-state index in [0.717, 1.165) is 6.92 Å². The van der Waals surface area contributed by atoms with E-state index in [4.69, 9.17) is 10.5 Å². The molecule has 0 radical (unpaired) electrons. The summed E-state index contributed by atoms with van der Waals surface area (Å²) in [5.74, 6) is -3.37. The molecule has 0 fully saturated rings. The maximum absolute atomic E-state index is 13.1. The van der Waals surface area contributed by atoms with Crippen molar-refractivity contribution in [3.8, 4) is 0 Å². The minimum Gasteiger partial charge on any atom is -0.451 e. The van der Waals surface area contributed by atoms with Crippen molar-refractivity contribution in [2.45, 2.75) is 25.7 Å². The van der Waals surface area contributed by atoms with Crippen molar-refractivity contribution < 1.29 is 32.3 Å². The molecule has 0 aliphatic carbocycles. The van der Waals surface area contributed by atoms with Gasteiger partial charge in [0.15, 0.2) is 6.10 Å². The van der Waals surface area contributed by atoms with Crippen LogP contribution in [0.3, 0.4) is 0 Å². The number of halogens is 3. The Bertz CT molecular complexity index is 831. The molecule has 1 heterocycles. The molecule has 2 rings (SSSR count). The van der Waals surface area contributed by atoms with E-state index in [-0.39, 0.29) is 11.0 Å².